The van der Waals surface area contributed by atoms with E-state index in [2.05, 4.69) is 44.5 Å². The molecular formula is C15H14N4. The number of nitrogens with zero attached hydrogens (tertiary/aromatic N) is 3. The Hall–Kier alpha value is -2.33. The minimum Gasteiger partial charge on any atom is -0.307 e. The van der Waals surface area contributed by atoms with Gasteiger partial charge in [-0.05, 0) is 17.7 Å². The number of aromatic nitrogens is 3. The highest BCUT2D eigenvalue weighted by atomic mass is 14.9. The van der Waals surface area contributed by atoms with Gasteiger partial charge in [-0.3, -0.25) is 4.98 Å². The van der Waals surface area contributed by atoms with Crippen molar-refractivity contribution in [2.24, 2.45) is 0 Å². The number of nitrogens with one attached hydrogen (secondary N) is 1. The molecule has 0 saturated heterocycles. The Morgan fingerprint density at radius 3 is 2.74 bits per heavy atom. The first-order chi connectivity index (χ1) is 9.43. The van der Waals surface area contributed by atoms with Gasteiger partial charge in [-0.1, -0.05) is 24.3 Å². The molecule has 0 radical (unpaired) electrons. The summed E-state index contributed by atoms with van der Waals surface area (Å²) in [5.41, 5.74) is 3.25. The predicted octanol–water partition coefficient (Wildman–Crippen LogP) is 2.31. The second-order valence-electron chi connectivity index (χ2n) is 4.30. The normalized spacial score (nSPS) is 10.7. The Bertz CT molecular complexity index is 662. The Morgan fingerprint density at radius 2 is 1.84 bits per heavy atom. The van der Waals surface area contributed by atoms with Crippen LogP contribution in [0.25, 0.3) is 10.9 Å². The average molecular weight is 250 g/mol. The summed E-state index contributed by atoms with van der Waals surface area (Å²) >= 11 is 0. The van der Waals surface area contributed by atoms with E-state index in [1.165, 1.54) is 10.9 Å². The van der Waals surface area contributed by atoms with Gasteiger partial charge in [0.2, 0.25) is 0 Å². The van der Waals surface area contributed by atoms with Crippen molar-refractivity contribution in [3.05, 3.63) is 66.4 Å². The zero-order chi connectivity index (χ0) is 12.9. The van der Waals surface area contributed by atoms with Crippen LogP contribution in [0.5, 0.6) is 0 Å². The third kappa shape index (κ3) is 2.74. The van der Waals surface area contributed by atoms with Crippen LogP contribution in [-0.4, -0.2) is 15.0 Å². The Labute approximate surface area is 111 Å². The molecule has 0 aliphatic rings. The molecule has 1 N–H and O–H groups in total. The lowest BCUT2D eigenvalue weighted by molar-refractivity contribution is 0.680. The van der Waals surface area contributed by atoms with Gasteiger partial charge in [-0.15, -0.1) is 0 Å². The van der Waals surface area contributed by atoms with Crippen LogP contribution in [0.4, 0.5) is 0 Å². The van der Waals surface area contributed by atoms with Gasteiger partial charge in [0.05, 0.1) is 11.2 Å². The van der Waals surface area contributed by atoms with E-state index in [0.29, 0.717) is 0 Å². The number of rotatable bonds is 4. The minimum atomic E-state index is 0.728. The second-order valence-corrected chi connectivity index (χ2v) is 4.30. The summed E-state index contributed by atoms with van der Waals surface area (Å²) in [5.74, 6) is 0. The molecule has 0 spiro atoms. The molecule has 0 atom stereocenters. The van der Waals surface area contributed by atoms with Crippen molar-refractivity contribution < 1.29 is 0 Å². The summed E-state index contributed by atoms with van der Waals surface area (Å²) in [4.78, 5) is 12.5. The number of hydrogen-bond donors (Lipinski definition) is 1. The van der Waals surface area contributed by atoms with Crippen molar-refractivity contribution in [1.29, 1.82) is 0 Å². The van der Waals surface area contributed by atoms with Crippen molar-refractivity contribution in [3.63, 3.8) is 0 Å². The highest BCUT2D eigenvalue weighted by Crippen LogP contribution is 2.15. The zero-order valence-electron chi connectivity index (χ0n) is 10.5. The molecule has 3 rings (SSSR count). The summed E-state index contributed by atoms with van der Waals surface area (Å²) in [6.07, 6.45) is 5.15. The van der Waals surface area contributed by atoms with E-state index in [1.54, 1.807) is 12.5 Å². The van der Waals surface area contributed by atoms with E-state index in [4.69, 9.17) is 0 Å². The molecular weight excluding hydrogens is 236 g/mol. The van der Waals surface area contributed by atoms with Crippen LogP contribution in [0.2, 0.25) is 0 Å². The molecule has 3 aromatic rings. The summed E-state index contributed by atoms with van der Waals surface area (Å²) in [6.45, 7) is 1.50. The Balaban J connectivity index is 1.72. The molecule has 1 aromatic carbocycles. The van der Waals surface area contributed by atoms with Crippen LogP contribution in [0.1, 0.15) is 11.3 Å². The third-order valence-electron chi connectivity index (χ3n) is 2.98. The van der Waals surface area contributed by atoms with Crippen LogP contribution in [-0.2, 0) is 13.1 Å². The van der Waals surface area contributed by atoms with Gasteiger partial charge >= 0.3 is 0 Å². The van der Waals surface area contributed by atoms with Gasteiger partial charge in [-0.2, -0.15) is 0 Å². The van der Waals surface area contributed by atoms with Crippen LogP contribution in [0.15, 0.2) is 55.1 Å². The molecule has 2 aromatic heterocycles. The monoisotopic (exact) mass is 250 g/mol. The largest absolute Gasteiger partial charge is 0.307 e. The highest BCUT2D eigenvalue weighted by molar-refractivity contribution is 5.81. The molecule has 19 heavy (non-hydrogen) atoms. The summed E-state index contributed by atoms with van der Waals surface area (Å²) in [7, 11) is 0. The van der Waals surface area contributed by atoms with E-state index in [0.717, 1.165) is 24.3 Å². The summed E-state index contributed by atoms with van der Waals surface area (Å²) in [6, 6.07) is 12.2. The molecule has 94 valence electrons. The molecule has 0 bridgehead atoms. The first kappa shape index (κ1) is 11.7. The Kier molecular flexibility index (Phi) is 3.42. The van der Waals surface area contributed by atoms with Gasteiger partial charge in [0.25, 0.3) is 0 Å². The van der Waals surface area contributed by atoms with Gasteiger partial charge in [0, 0.05) is 30.9 Å². The lowest BCUT2D eigenvalue weighted by Gasteiger charge is -2.07. The van der Waals surface area contributed by atoms with Crippen molar-refractivity contribution in [1.82, 2.24) is 20.3 Å². The molecule has 0 saturated carbocycles. The lowest BCUT2D eigenvalue weighted by Crippen LogP contribution is -2.14. The van der Waals surface area contributed by atoms with Crippen LogP contribution in [0, 0.1) is 0 Å². The number of fused-ring (bicyclic) bond motifs is 1. The maximum atomic E-state index is 4.44. The molecule has 4 nitrogen and oxygen atoms in total. The summed E-state index contributed by atoms with van der Waals surface area (Å²) < 4.78 is 0. The van der Waals surface area contributed by atoms with Crippen molar-refractivity contribution >= 4 is 10.9 Å². The van der Waals surface area contributed by atoms with Crippen LogP contribution >= 0.6 is 0 Å². The van der Waals surface area contributed by atoms with E-state index >= 15 is 0 Å². The van der Waals surface area contributed by atoms with Gasteiger partial charge in [-0.25, -0.2) is 9.97 Å². The van der Waals surface area contributed by atoms with Gasteiger partial charge in [0.15, 0.2) is 0 Å². The number of pyridine rings is 1. The van der Waals surface area contributed by atoms with E-state index < -0.39 is 0 Å². The summed E-state index contributed by atoms with van der Waals surface area (Å²) in [5, 5.41) is 4.55. The van der Waals surface area contributed by atoms with E-state index in [1.807, 2.05) is 18.3 Å². The highest BCUT2D eigenvalue weighted by Gasteiger charge is 2.01. The van der Waals surface area contributed by atoms with Gasteiger partial charge < -0.3 is 5.32 Å². The van der Waals surface area contributed by atoms with Crippen molar-refractivity contribution in [2.75, 3.05) is 0 Å². The quantitative estimate of drug-likeness (QED) is 0.772. The fourth-order valence-corrected chi connectivity index (χ4v) is 2.06. The van der Waals surface area contributed by atoms with Gasteiger partial charge in [0.1, 0.15) is 6.33 Å². The average Bonchev–Trinajstić information content (AvgIpc) is 2.49. The molecule has 0 unspecified atom stereocenters. The molecule has 0 aliphatic carbocycles. The SMILES string of the molecule is c1cnc2c(CNCc3ccncn3)cccc2c1. The maximum Gasteiger partial charge on any atom is 0.115 e. The van der Waals surface area contributed by atoms with Crippen molar-refractivity contribution in [2.45, 2.75) is 13.1 Å². The standard InChI is InChI=1S/C15H14N4/c1-3-12-5-2-7-18-15(12)13(4-1)9-17-10-14-6-8-16-11-19-14/h1-8,11,17H,9-10H2. The first-order valence-electron chi connectivity index (χ1n) is 6.22. The van der Waals surface area contributed by atoms with Crippen molar-refractivity contribution in [3.8, 4) is 0 Å². The molecule has 0 fully saturated rings. The smallest absolute Gasteiger partial charge is 0.115 e. The molecule has 0 amide bonds. The van der Waals surface area contributed by atoms with Crippen LogP contribution < -0.4 is 5.32 Å². The fraction of sp³-hybridized carbons (Fsp3) is 0.133. The number of benzene rings is 1. The minimum absolute atomic E-state index is 0.728. The number of hydrogen-bond acceptors (Lipinski definition) is 4. The maximum absolute atomic E-state index is 4.44. The topological polar surface area (TPSA) is 50.7 Å². The third-order valence-corrected chi connectivity index (χ3v) is 2.98. The lowest BCUT2D eigenvalue weighted by atomic mass is 10.1. The zero-order valence-corrected chi connectivity index (χ0v) is 10.5. The van der Waals surface area contributed by atoms with Crippen LogP contribution in [0.3, 0.4) is 0 Å². The Morgan fingerprint density at radius 1 is 0.895 bits per heavy atom. The van der Waals surface area contributed by atoms with E-state index in [9.17, 15) is 0 Å². The second kappa shape index (κ2) is 5.54. The van der Waals surface area contributed by atoms with E-state index in [-0.39, 0.29) is 0 Å². The predicted molar refractivity (Wildman–Crippen MR) is 74.3 cm³/mol. The fourth-order valence-electron chi connectivity index (χ4n) is 2.06. The molecule has 2 heterocycles. The first-order valence-corrected chi connectivity index (χ1v) is 6.22. The number of para-hydroxylation sites is 1. The molecule has 4 heteroatoms. The molecule has 0 aliphatic heterocycles.